The highest BCUT2D eigenvalue weighted by Gasteiger charge is 2.54. The van der Waals surface area contributed by atoms with Crippen LogP contribution in [0.2, 0.25) is 0 Å². The van der Waals surface area contributed by atoms with E-state index in [2.05, 4.69) is 6.07 Å². The number of thiazole rings is 1. The molecule has 4 aliphatic rings. The van der Waals surface area contributed by atoms with Crippen LogP contribution in [0.3, 0.4) is 0 Å². The monoisotopic (exact) mass is 601 g/mol. The number of carbonyl (C=O) groups excluding carboxylic acids is 1. The summed E-state index contributed by atoms with van der Waals surface area (Å²) in [6.45, 7) is 3.96. The summed E-state index contributed by atoms with van der Waals surface area (Å²) < 4.78 is 36.1. The van der Waals surface area contributed by atoms with Crippen molar-refractivity contribution in [2.45, 2.75) is 25.2 Å². The quantitative estimate of drug-likeness (QED) is 0.309. The number of carbonyl (C=O) groups is 1. The molecule has 0 N–H and O–H groups in total. The number of nitrogens with zero attached hydrogens (tertiary/aromatic N) is 7. The lowest BCUT2D eigenvalue weighted by Gasteiger charge is -2.61. The van der Waals surface area contributed by atoms with Crippen LogP contribution in [0.4, 0.5) is 25.3 Å². The molecule has 9 nitrogen and oxygen atoms in total. The summed E-state index contributed by atoms with van der Waals surface area (Å²) in [6.07, 6.45) is 4.26. The summed E-state index contributed by atoms with van der Waals surface area (Å²) in [5, 5.41) is 15.3. The van der Waals surface area contributed by atoms with E-state index in [1.807, 2.05) is 27.8 Å². The fraction of sp³-hybridized carbons (Fsp3) is 0.419. The first-order chi connectivity index (χ1) is 20.8. The Labute approximate surface area is 250 Å². The molecular weight excluding hydrogens is 572 g/mol. The predicted octanol–water partition coefficient (Wildman–Crippen LogP) is 4.94. The van der Waals surface area contributed by atoms with Crippen LogP contribution < -0.4 is 9.80 Å². The third kappa shape index (κ3) is 4.36. The van der Waals surface area contributed by atoms with Crippen LogP contribution in [0.15, 0.2) is 36.5 Å². The highest BCUT2D eigenvalue weighted by Crippen LogP contribution is 2.49. The van der Waals surface area contributed by atoms with Gasteiger partial charge in [0.15, 0.2) is 10.9 Å². The van der Waals surface area contributed by atoms with Crippen molar-refractivity contribution >= 4 is 39.3 Å². The lowest BCUT2D eigenvalue weighted by molar-refractivity contribution is -0.149. The number of pyridine rings is 1. The van der Waals surface area contributed by atoms with E-state index < -0.39 is 0 Å². The summed E-state index contributed by atoms with van der Waals surface area (Å²) >= 11 is 1.26. The molecule has 0 radical (unpaired) electrons. The highest BCUT2D eigenvalue weighted by atomic mass is 32.1. The van der Waals surface area contributed by atoms with Gasteiger partial charge in [-0.3, -0.25) is 4.79 Å². The second kappa shape index (κ2) is 9.72. The number of nitriles is 1. The molecule has 3 saturated heterocycles. The second-order valence-electron chi connectivity index (χ2n) is 12.3. The maximum absolute atomic E-state index is 15.5. The van der Waals surface area contributed by atoms with Crippen molar-refractivity contribution in [2.75, 3.05) is 56.2 Å². The molecular formula is C31H29F2N7O2S. The van der Waals surface area contributed by atoms with Crippen LogP contribution in [0.25, 0.3) is 16.8 Å². The minimum atomic E-state index is -0.353. The van der Waals surface area contributed by atoms with E-state index in [1.54, 1.807) is 16.6 Å². The van der Waals surface area contributed by atoms with E-state index in [1.165, 1.54) is 29.7 Å². The van der Waals surface area contributed by atoms with Crippen LogP contribution in [-0.4, -0.2) is 71.8 Å². The fourth-order valence-corrected chi connectivity index (χ4v) is 7.60. The number of likely N-dealkylation sites (tertiary alicyclic amines) is 1. The minimum absolute atomic E-state index is 0.0120. The molecule has 3 aromatic heterocycles. The molecule has 12 heteroatoms. The van der Waals surface area contributed by atoms with Gasteiger partial charge in [0.25, 0.3) is 0 Å². The molecule has 4 fully saturated rings. The summed E-state index contributed by atoms with van der Waals surface area (Å²) in [4.78, 5) is 23.9. The molecule has 43 heavy (non-hydrogen) atoms. The summed E-state index contributed by atoms with van der Waals surface area (Å²) in [5.74, 6) is -0.254. The van der Waals surface area contributed by atoms with Gasteiger partial charge in [0.1, 0.15) is 22.5 Å². The Morgan fingerprint density at radius 3 is 2.60 bits per heavy atom. The SMILES string of the molecule is CN(c1nc(-c2ccc(F)cc2)c(C#N)s1)c1c(C2CC2)nn2cc(F)c(N3CC4(CN(C(=O)C5CCOC5)C4)C3)cc12. The molecule has 3 aliphatic heterocycles. The summed E-state index contributed by atoms with van der Waals surface area (Å²) in [6, 6.07) is 10.1. The third-order valence-electron chi connectivity index (χ3n) is 9.16. The van der Waals surface area contributed by atoms with Crippen LogP contribution >= 0.6 is 11.3 Å². The van der Waals surface area contributed by atoms with E-state index in [4.69, 9.17) is 14.8 Å². The number of benzene rings is 1. The minimum Gasteiger partial charge on any atom is -0.381 e. The van der Waals surface area contributed by atoms with E-state index in [-0.39, 0.29) is 34.8 Å². The molecule has 0 bridgehead atoms. The Morgan fingerprint density at radius 1 is 1.16 bits per heavy atom. The average Bonchev–Trinajstić information content (AvgIpc) is 3.33. The van der Waals surface area contributed by atoms with Gasteiger partial charge < -0.3 is 19.4 Å². The Bertz CT molecular complexity index is 1790. The van der Waals surface area contributed by atoms with Crippen molar-refractivity contribution < 1.29 is 18.3 Å². The number of rotatable bonds is 6. The molecule has 1 aliphatic carbocycles. The molecule has 1 atom stereocenters. The Kier molecular flexibility index (Phi) is 6.00. The summed E-state index contributed by atoms with van der Waals surface area (Å²) in [7, 11) is 1.90. The zero-order chi connectivity index (χ0) is 29.5. The topological polar surface area (TPSA) is 90.0 Å². The van der Waals surface area contributed by atoms with Crippen LogP contribution in [0.5, 0.6) is 0 Å². The predicted molar refractivity (Wildman–Crippen MR) is 158 cm³/mol. The van der Waals surface area contributed by atoms with Gasteiger partial charge in [0.05, 0.1) is 41.3 Å². The average molecular weight is 602 g/mol. The van der Waals surface area contributed by atoms with Crippen molar-refractivity contribution in [3.63, 3.8) is 0 Å². The Morgan fingerprint density at radius 2 is 1.93 bits per heavy atom. The first-order valence-electron chi connectivity index (χ1n) is 14.6. The van der Waals surface area contributed by atoms with Crippen molar-refractivity contribution in [3.05, 3.63) is 58.7 Å². The fourth-order valence-electron chi connectivity index (χ4n) is 6.75. The van der Waals surface area contributed by atoms with E-state index >= 15 is 4.39 Å². The van der Waals surface area contributed by atoms with Gasteiger partial charge in [-0.15, -0.1) is 0 Å². The van der Waals surface area contributed by atoms with E-state index in [9.17, 15) is 14.4 Å². The van der Waals surface area contributed by atoms with Gasteiger partial charge in [0.2, 0.25) is 5.91 Å². The number of anilines is 3. The molecule has 220 valence electrons. The first-order valence-corrected chi connectivity index (χ1v) is 15.4. The molecule has 1 spiro atoms. The third-order valence-corrected chi connectivity index (χ3v) is 10.2. The maximum Gasteiger partial charge on any atom is 0.228 e. The van der Waals surface area contributed by atoms with Gasteiger partial charge in [-0.1, -0.05) is 11.3 Å². The van der Waals surface area contributed by atoms with Gasteiger partial charge in [-0.25, -0.2) is 18.3 Å². The van der Waals surface area contributed by atoms with Crippen LogP contribution in [0, 0.1) is 34.3 Å². The lowest BCUT2D eigenvalue weighted by atomic mass is 9.72. The van der Waals surface area contributed by atoms with Crippen molar-refractivity contribution in [3.8, 4) is 17.3 Å². The molecule has 4 aromatic rings. The molecule has 8 rings (SSSR count). The number of ether oxygens (including phenoxy) is 1. The zero-order valence-electron chi connectivity index (χ0n) is 23.6. The van der Waals surface area contributed by atoms with Gasteiger partial charge in [0, 0.05) is 56.7 Å². The number of halogens is 2. The Hall–Kier alpha value is -4.08. The smallest absolute Gasteiger partial charge is 0.228 e. The van der Waals surface area contributed by atoms with E-state index in [0.717, 1.165) is 36.2 Å². The van der Waals surface area contributed by atoms with Crippen molar-refractivity contribution in [2.24, 2.45) is 11.3 Å². The lowest BCUT2D eigenvalue weighted by Crippen LogP contribution is -2.73. The number of fused-ring (bicyclic) bond motifs is 1. The van der Waals surface area contributed by atoms with Crippen LogP contribution in [0.1, 0.15) is 35.8 Å². The zero-order valence-corrected chi connectivity index (χ0v) is 24.4. The maximum atomic E-state index is 15.5. The first kappa shape index (κ1) is 26.5. The number of amides is 1. The standard InChI is InChI=1S/C31H29F2N7O2S/c1-37(30-35-26(25(11-34)43-30)18-4-6-21(32)7-5-18)28-24-10-23(22(33)12-40(24)36-27(28)19-2-3-19)38-14-31(15-38)16-39(17-31)29(41)20-8-9-42-13-20/h4-7,10,12,19-20H,2-3,8-9,13-17H2,1H3. The van der Waals surface area contributed by atoms with Crippen molar-refractivity contribution in [1.29, 1.82) is 5.26 Å². The normalized spacial score (nSPS) is 20.7. The molecule has 1 aromatic carbocycles. The summed E-state index contributed by atoms with van der Waals surface area (Å²) in [5.41, 5.74) is 4.21. The number of hydrogen-bond acceptors (Lipinski definition) is 8. The molecule has 1 unspecified atom stereocenters. The number of hydrogen-bond donors (Lipinski definition) is 0. The largest absolute Gasteiger partial charge is 0.381 e. The second-order valence-corrected chi connectivity index (χ2v) is 13.3. The van der Waals surface area contributed by atoms with Gasteiger partial charge in [-0.2, -0.15) is 10.4 Å². The van der Waals surface area contributed by atoms with Gasteiger partial charge in [-0.05, 0) is 49.6 Å². The Balaban J connectivity index is 1.08. The molecule has 1 saturated carbocycles. The van der Waals surface area contributed by atoms with Crippen LogP contribution in [-0.2, 0) is 9.53 Å². The number of aromatic nitrogens is 3. The van der Waals surface area contributed by atoms with Crippen molar-refractivity contribution in [1.82, 2.24) is 19.5 Å². The van der Waals surface area contributed by atoms with E-state index in [0.29, 0.717) is 66.3 Å². The highest BCUT2D eigenvalue weighted by molar-refractivity contribution is 7.16. The molecule has 6 heterocycles. The molecule has 1 amide bonds. The van der Waals surface area contributed by atoms with Gasteiger partial charge >= 0.3 is 0 Å².